The number of ketones is 1. The number of carbonyl (C=O) groups is 2. The first-order chi connectivity index (χ1) is 8.80. The Morgan fingerprint density at radius 2 is 2.11 bits per heavy atom. The molecule has 1 aromatic rings. The summed E-state index contributed by atoms with van der Waals surface area (Å²) in [5, 5.41) is 0. The number of nitrogens with zero attached hydrogens (tertiary/aromatic N) is 2. The van der Waals surface area contributed by atoms with E-state index in [1.165, 1.54) is 26.4 Å². The summed E-state index contributed by atoms with van der Waals surface area (Å²) in [7, 11) is 0. The summed E-state index contributed by atoms with van der Waals surface area (Å²) in [6.07, 6.45) is 2.60. The number of aromatic nitrogens is 2. The van der Waals surface area contributed by atoms with Gasteiger partial charge in [-0.2, -0.15) is 0 Å². The highest BCUT2D eigenvalue weighted by molar-refractivity contribution is 9.10. The summed E-state index contributed by atoms with van der Waals surface area (Å²) in [5.74, 6) is -1.01. The van der Waals surface area contributed by atoms with Crippen molar-refractivity contribution in [2.24, 2.45) is 5.41 Å². The van der Waals surface area contributed by atoms with E-state index in [2.05, 4.69) is 20.9 Å². The molecule has 0 aromatic carbocycles. The molecule has 0 N–H and O–H groups in total. The van der Waals surface area contributed by atoms with Gasteiger partial charge in [-0.05, 0) is 36.7 Å². The van der Waals surface area contributed by atoms with Gasteiger partial charge in [-0.1, -0.05) is 0 Å². The Bertz CT molecular complexity index is 551. The second-order valence-electron chi connectivity index (χ2n) is 4.44. The van der Waals surface area contributed by atoms with Crippen LogP contribution in [0.2, 0.25) is 0 Å². The molecule has 0 bridgehead atoms. The Labute approximate surface area is 118 Å². The highest BCUT2D eigenvalue weighted by Gasteiger charge is 2.37. The minimum Gasteiger partial charge on any atom is -0.465 e. The van der Waals surface area contributed by atoms with Gasteiger partial charge in [-0.3, -0.25) is 19.0 Å². The predicted molar refractivity (Wildman–Crippen MR) is 71.6 cm³/mol. The molecule has 0 saturated heterocycles. The number of ether oxygens (including phenoxy) is 1. The first-order valence-electron chi connectivity index (χ1n) is 5.71. The summed E-state index contributed by atoms with van der Waals surface area (Å²) in [6.45, 7) is 4.60. The molecule has 0 unspecified atom stereocenters. The topological polar surface area (TPSA) is 78.3 Å². The minimum atomic E-state index is -1.29. The summed E-state index contributed by atoms with van der Waals surface area (Å²) in [6, 6.07) is 0. The zero-order valence-electron chi connectivity index (χ0n) is 11.0. The largest absolute Gasteiger partial charge is 0.465 e. The van der Waals surface area contributed by atoms with Crippen LogP contribution in [0.4, 0.5) is 0 Å². The van der Waals surface area contributed by atoms with Crippen molar-refractivity contribution in [3.63, 3.8) is 0 Å². The van der Waals surface area contributed by atoms with Gasteiger partial charge in [0, 0.05) is 6.20 Å². The van der Waals surface area contributed by atoms with E-state index in [4.69, 9.17) is 4.74 Å². The third kappa shape index (κ3) is 3.50. The summed E-state index contributed by atoms with van der Waals surface area (Å²) in [4.78, 5) is 39.3. The molecule has 0 radical (unpaired) electrons. The van der Waals surface area contributed by atoms with Crippen LogP contribution in [-0.4, -0.2) is 27.9 Å². The molecule has 104 valence electrons. The van der Waals surface area contributed by atoms with Crippen LogP contribution < -0.4 is 5.56 Å². The van der Waals surface area contributed by atoms with Crippen molar-refractivity contribution >= 4 is 27.7 Å². The van der Waals surface area contributed by atoms with E-state index in [1.54, 1.807) is 6.92 Å². The number of carbonyl (C=O) groups excluding carboxylic acids is 2. The summed E-state index contributed by atoms with van der Waals surface area (Å²) >= 11 is 3.04. The molecule has 0 aliphatic carbocycles. The van der Waals surface area contributed by atoms with Crippen LogP contribution in [-0.2, 0) is 20.9 Å². The van der Waals surface area contributed by atoms with Crippen molar-refractivity contribution in [2.45, 2.75) is 27.3 Å². The van der Waals surface area contributed by atoms with Gasteiger partial charge in [0.15, 0.2) is 5.78 Å². The van der Waals surface area contributed by atoms with E-state index >= 15 is 0 Å². The Morgan fingerprint density at radius 3 is 2.68 bits per heavy atom. The normalized spacial score (nSPS) is 11.2. The van der Waals surface area contributed by atoms with Crippen LogP contribution in [0.5, 0.6) is 0 Å². The molecule has 1 heterocycles. The fourth-order valence-corrected chi connectivity index (χ4v) is 1.66. The van der Waals surface area contributed by atoms with Gasteiger partial charge in [0.1, 0.15) is 9.89 Å². The number of halogens is 1. The quantitative estimate of drug-likeness (QED) is 0.598. The average molecular weight is 331 g/mol. The van der Waals surface area contributed by atoms with Gasteiger partial charge in [0.25, 0.3) is 5.56 Å². The minimum absolute atomic E-state index is 0.202. The number of esters is 1. The van der Waals surface area contributed by atoms with Crippen molar-refractivity contribution in [3.8, 4) is 0 Å². The molecule has 1 aromatic heterocycles. The van der Waals surface area contributed by atoms with Crippen molar-refractivity contribution in [1.29, 1.82) is 0 Å². The van der Waals surface area contributed by atoms with Crippen LogP contribution >= 0.6 is 15.9 Å². The van der Waals surface area contributed by atoms with Crippen molar-refractivity contribution in [1.82, 2.24) is 9.55 Å². The number of hydrogen-bond acceptors (Lipinski definition) is 5. The third-order valence-corrected chi connectivity index (χ3v) is 3.20. The van der Waals surface area contributed by atoms with Crippen molar-refractivity contribution in [3.05, 3.63) is 27.4 Å². The maximum Gasteiger partial charge on any atom is 0.319 e. The second-order valence-corrected chi connectivity index (χ2v) is 5.30. The Morgan fingerprint density at radius 1 is 1.47 bits per heavy atom. The van der Waals surface area contributed by atoms with Gasteiger partial charge in [-0.25, -0.2) is 4.98 Å². The maximum atomic E-state index is 12.1. The van der Waals surface area contributed by atoms with Crippen LogP contribution in [0.25, 0.3) is 0 Å². The number of rotatable bonds is 5. The van der Waals surface area contributed by atoms with E-state index < -0.39 is 17.2 Å². The number of Topliss-reactive ketones (excluding diaryl/α,β-unsaturated/α-hetero) is 1. The first kappa shape index (κ1) is 15.6. The molecule has 0 spiro atoms. The molecule has 0 amide bonds. The lowest BCUT2D eigenvalue weighted by Crippen LogP contribution is -2.39. The average Bonchev–Trinajstić information content (AvgIpc) is 2.35. The Balaban J connectivity index is 2.93. The molecular weight excluding hydrogens is 316 g/mol. The molecule has 0 aliphatic rings. The smallest absolute Gasteiger partial charge is 0.319 e. The molecule has 0 aliphatic heterocycles. The molecule has 0 atom stereocenters. The van der Waals surface area contributed by atoms with E-state index in [0.29, 0.717) is 0 Å². The zero-order chi connectivity index (χ0) is 14.6. The van der Waals surface area contributed by atoms with Crippen LogP contribution in [0.15, 0.2) is 21.8 Å². The summed E-state index contributed by atoms with van der Waals surface area (Å²) in [5.41, 5.74) is -1.67. The summed E-state index contributed by atoms with van der Waals surface area (Å²) < 4.78 is 6.25. The van der Waals surface area contributed by atoms with Gasteiger partial charge in [-0.15, -0.1) is 0 Å². The molecule has 7 heteroatoms. The Hall–Kier alpha value is -1.50. The lowest BCUT2D eigenvalue weighted by molar-refractivity contribution is -0.158. The molecule has 19 heavy (non-hydrogen) atoms. The zero-order valence-corrected chi connectivity index (χ0v) is 12.6. The molecule has 1 rings (SSSR count). The van der Waals surface area contributed by atoms with Crippen LogP contribution in [0.1, 0.15) is 20.8 Å². The van der Waals surface area contributed by atoms with Crippen LogP contribution in [0, 0.1) is 5.41 Å². The molecule has 0 saturated carbocycles. The van der Waals surface area contributed by atoms with E-state index in [0.717, 1.165) is 4.57 Å². The predicted octanol–water partition coefficient (Wildman–Crippen LogP) is 1.16. The second kappa shape index (κ2) is 6.10. The Kier molecular flexibility index (Phi) is 4.99. The van der Waals surface area contributed by atoms with Crippen molar-refractivity contribution < 1.29 is 14.3 Å². The maximum absolute atomic E-state index is 12.1. The highest BCUT2D eigenvalue weighted by Crippen LogP contribution is 2.19. The monoisotopic (exact) mass is 330 g/mol. The van der Waals surface area contributed by atoms with E-state index in [9.17, 15) is 14.4 Å². The third-order valence-electron chi connectivity index (χ3n) is 2.66. The van der Waals surface area contributed by atoms with Gasteiger partial charge in [0.2, 0.25) is 0 Å². The lowest BCUT2D eigenvalue weighted by Gasteiger charge is -2.21. The SMILES string of the molecule is CCOC(=O)C(C)(C)C(=O)Cn1cncc(Br)c1=O. The highest BCUT2D eigenvalue weighted by atomic mass is 79.9. The van der Waals surface area contributed by atoms with E-state index in [-0.39, 0.29) is 23.2 Å². The molecule has 6 nitrogen and oxygen atoms in total. The fraction of sp³-hybridized carbons (Fsp3) is 0.500. The standard InChI is InChI=1S/C12H15BrN2O4/c1-4-19-11(18)12(2,3)9(16)6-15-7-14-5-8(13)10(15)17/h5,7H,4,6H2,1-3H3. The first-order valence-corrected chi connectivity index (χ1v) is 6.50. The van der Waals surface area contributed by atoms with E-state index in [1.807, 2.05) is 0 Å². The van der Waals surface area contributed by atoms with Crippen LogP contribution in [0.3, 0.4) is 0 Å². The van der Waals surface area contributed by atoms with Gasteiger partial charge < -0.3 is 4.74 Å². The van der Waals surface area contributed by atoms with Gasteiger partial charge in [0.05, 0.1) is 19.5 Å². The van der Waals surface area contributed by atoms with Gasteiger partial charge >= 0.3 is 5.97 Å². The fourth-order valence-electron chi connectivity index (χ4n) is 1.31. The number of hydrogen-bond donors (Lipinski definition) is 0. The van der Waals surface area contributed by atoms with Crippen molar-refractivity contribution in [2.75, 3.05) is 6.61 Å². The molecular formula is C12H15BrN2O4. The molecule has 0 fully saturated rings. The lowest BCUT2D eigenvalue weighted by atomic mass is 9.88.